The van der Waals surface area contributed by atoms with Crippen LogP contribution < -0.4 is 5.73 Å². The highest BCUT2D eigenvalue weighted by atomic mass is 16.2. The van der Waals surface area contributed by atoms with E-state index in [-0.39, 0.29) is 5.91 Å². The molecule has 1 aliphatic heterocycles. The summed E-state index contributed by atoms with van der Waals surface area (Å²) in [6.45, 7) is 3.87. The van der Waals surface area contributed by atoms with E-state index in [1.165, 1.54) is 6.42 Å². The minimum absolute atomic E-state index is 0.0106. The first-order chi connectivity index (χ1) is 9.69. The zero-order valence-corrected chi connectivity index (χ0v) is 11.7. The number of amides is 1. The van der Waals surface area contributed by atoms with E-state index in [1.54, 1.807) is 0 Å². The number of rotatable bonds is 2. The topological polar surface area (TPSA) is 75.0 Å². The Bertz CT molecular complexity index is 626. The molecular formula is C15H20N4O. The van der Waals surface area contributed by atoms with E-state index in [4.69, 9.17) is 5.73 Å². The molecule has 0 saturated carbocycles. The Balaban J connectivity index is 1.84. The van der Waals surface area contributed by atoms with Crippen molar-refractivity contribution in [2.75, 3.05) is 18.8 Å². The first kappa shape index (κ1) is 13.0. The van der Waals surface area contributed by atoms with Crippen LogP contribution in [0.15, 0.2) is 18.2 Å². The zero-order valence-electron chi connectivity index (χ0n) is 11.7. The van der Waals surface area contributed by atoms with Gasteiger partial charge < -0.3 is 10.6 Å². The molecule has 1 aromatic carbocycles. The van der Waals surface area contributed by atoms with Gasteiger partial charge in [-0.05, 0) is 37.0 Å². The van der Waals surface area contributed by atoms with E-state index in [0.29, 0.717) is 11.4 Å². The Morgan fingerprint density at radius 2 is 2.20 bits per heavy atom. The molecule has 1 aliphatic rings. The molecule has 1 saturated heterocycles. The number of piperidine rings is 1. The van der Waals surface area contributed by atoms with Gasteiger partial charge in [0.1, 0.15) is 0 Å². The molecule has 0 aliphatic carbocycles. The van der Waals surface area contributed by atoms with Gasteiger partial charge in [-0.15, -0.1) is 0 Å². The second kappa shape index (κ2) is 5.15. The van der Waals surface area contributed by atoms with Gasteiger partial charge in [0.25, 0.3) is 5.91 Å². The van der Waals surface area contributed by atoms with Gasteiger partial charge in [0.15, 0.2) is 5.69 Å². The Hall–Kier alpha value is -2.04. The number of anilines is 1. The Kier molecular flexibility index (Phi) is 3.34. The van der Waals surface area contributed by atoms with Crippen LogP contribution in [0.1, 0.15) is 36.7 Å². The third kappa shape index (κ3) is 2.24. The quantitative estimate of drug-likeness (QED) is 0.824. The smallest absolute Gasteiger partial charge is 0.274 e. The number of fused-ring (bicyclic) bond motifs is 1. The number of benzene rings is 1. The van der Waals surface area contributed by atoms with Crippen LogP contribution in [0, 0.1) is 5.92 Å². The van der Waals surface area contributed by atoms with E-state index < -0.39 is 0 Å². The lowest BCUT2D eigenvalue weighted by Crippen LogP contribution is -2.38. The summed E-state index contributed by atoms with van der Waals surface area (Å²) in [6.07, 6.45) is 3.38. The van der Waals surface area contributed by atoms with Crippen molar-refractivity contribution >= 4 is 22.5 Å². The second-order valence-corrected chi connectivity index (χ2v) is 5.52. The molecular weight excluding hydrogens is 252 g/mol. The van der Waals surface area contributed by atoms with Crippen LogP contribution in [0.2, 0.25) is 0 Å². The number of nitrogens with two attached hydrogens (primary N) is 1. The van der Waals surface area contributed by atoms with Gasteiger partial charge in [-0.1, -0.05) is 13.3 Å². The Morgan fingerprint density at radius 3 is 2.90 bits per heavy atom. The monoisotopic (exact) mass is 272 g/mol. The molecule has 3 rings (SSSR count). The number of H-pyrrole nitrogens is 1. The lowest BCUT2D eigenvalue weighted by Gasteiger charge is -2.31. The summed E-state index contributed by atoms with van der Waals surface area (Å²) in [5.74, 6) is 0.766. The maximum absolute atomic E-state index is 12.6. The number of hydrogen-bond acceptors (Lipinski definition) is 3. The number of carbonyl (C=O) groups is 1. The molecule has 0 unspecified atom stereocenters. The molecule has 0 radical (unpaired) electrons. The predicted octanol–water partition coefficient (Wildman–Crippen LogP) is 2.41. The maximum Gasteiger partial charge on any atom is 0.274 e. The highest BCUT2D eigenvalue weighted by Crippen LogP contribution is 2.24. The maximum atomic E-state index is 12.6. The van der Waals surface area contributed by atoms with Crippen molar-refractivity contribution < 1.29 is 4.79 Å². The van der Waals surface area contributed by atoms with Crippen LogP contribution in [0.3, 0.4) is 0 Å². The summed E-state index contributed by atoms with van der Waals surface area (Å²) in [7, 11) is 0. The Morgan fingerprint density at radius 1 is 1.45 bits per heavy atom. The zero-order chi connectivity index (χ0) is 14.1. The SMILES string of the molecule is CCC1CCN(C(=O)c2n[nH]c3ccc(N)cc23)CC1. The molecule has 106 valence electrons. The van der Waals surface area contributed by atoms with Gasteiger partial charge in [0, 0.05) is 24.2 Å². The highest BCUT2D eigenvalue weighted by molar-refractivity contribution is 6.05. The molecule has 2 aromatic rings. The van der Waals surface area contributed by atoms with Gasteiger partial charge in [-0.3, -0.25) is 9.89 Å². The highest BCUT2D eigenvalue weighted by Gasteiger charge is 2.25. The number of carbonyl (C=O) groups excluding carboxylic acids is 1. The van der Waals surface area contributed by atoms with E-state index in [1.807, 2.05) is 23.1 Å². The van der Waals surface area contributed by atoms with Gasteiger partial charge in [0.05, 0.1) is 5.52 Å². The van der Waals surface area contributed by atoms with Crippen molar-refractivity contribution in [1.29, 1.82) is 0 Å². The standard InChI is InChI=1S/C15H20N4O/c1-2-10-5-7-19(8-6-10)15(20)14-12-9-11(16)3-4-13(12)17-18-14/h3-4,9-10H,2,5-8,16H2,1H3,(H,17,18). The van der Waals surface area contributed by atoms with Crippen molar-refractivity contribution in [2.45, 2.75) is 26.2 Å². The molecule has 1 amide bonds. The van der Waals surface area contributed by atoms with Crippen molar-refractivity contribution in [3.63, 3.8) is 0 Å². The number of nitrogens with one attached hydrogen (secondary N) is 1. The molecule has 0 spiro atoms. The van der Waals surface area contributed by atoms with Crippen molar-refractivity contribution in [1.82, 2.24) is 15.1 Å². The predicted molar refractivity (Wildman–Crippen MR) is 79.4 cm³/mol. The van der Waals surface area contributed by atoms with Crippen LogP contribution in [0.4, 0.5) is 5.69 Å². The Labute approximate surface area is 118 Å². The van der Waals surface area contributed by atoms with E-state index in [2.05, 4.69) is 17.1 Å². The van der Waals surface area contributed by atoms with Crippen LogP contribution in [-0.2, 0) is 0 Å². The van der Waals surface area contributed by atoms with Crippen LogP contribution in [0.25, 0.3) is 10.9 Å². The lowest BCUT2D eigenvalue weighted by molar-refractivity contribution is 0.0685. The average Bonchev–Trinajstić information content (AvgIpc) is 2.89. The third-order valence-corrected chi connectivity index (χ3v) is 4.27. The fourth-order valence-corrected chi connectivity index (χ4v) is 2.89. The molecule has 20 heavy (non-hydrogen) atoms. The summed E-state index contributed by atoms with van der Waals surface area (Å²) in [5.41, 5.74) is 7.79. The molecule has 5 heteroatoms. The number of aromatic amines is 1. The summed E-state index contributed by atoms with van der Waals surface area (Å²) < 4.78 is 0. The van der Waals surface area contributed by atoms with Gasteiger partial charge in [0.2, 0.25) is 0 Å². The third-order valence-electron chi connectivity index (χ3n) is 4.27. The lowest BCUT2D eigenvalue weighted by atomic mass is 9.94. The fourth-order valence-electron chi connectivity index (χ4n) is 2.89. The van der Waals surface area contributed by atoms with Crippen molar-refractivity contribution in [3.05, 3.63) is 23.9 Å². The van der Waals surface area contributed by atoms with Crippen LogP contribution in [0.5, 0.6) is 0 Å². The second-order valence-electron chi connectivity index (χ2n) is 5.52. The molecule has 5 nitrogen and oxygen atoms in total. The number of nitrogen functional groups attached to an aromatic ring is 1. The van der Waals surface area contributed by atoms with Gasteiger partial charge in [-0.25, -0.2) is 0 Å². The first-order valence-electron chi connectivity index (χ1n) is 7.22. The minimum atomic E-state index is 0.0106. The normalized spacial score (nSPS) is 16.8. The fraction of sp³-hybridized carbons (Fsp3) is 0.467. The molecule has 3 N–H and O–H groups in total. The number of nitrogens with zero attached hydrogens (tertiary/aromatic N) is 2. The van der Waals surface area contributed by atoms with E-state index in [0.717, 1.165) is 42.8 Å². The molecule has 1 fully saturated rings. The van der Waals surface area contributed by atoms with Crippen molar-refractivity contribution in [2.24, 2.45) is 5.92 Å². The average molecular weight is 272 g/mol. The largest absolute Gasteiger partial charge is 0.399 e. The number of aromatic nitrogens is 2. The number of hydrogen-bond donors (Lipinski definition) is 2. The molecule has 0 bridgehead atoms. The van der Waals surface area contributed by atoms with Crippen LogP contribution in [-0.4, -0.2) is 34.1 Å². The van der Waals surface area contributed by atoms with Crippen molar-refractivity contribution in [3.8, 4) is 0 Å². The minimum Gasteiger partial charge on any atom is -0.399 e. The molecule has 2 heterocycles. The van der Waals surface area contributed by atoms with Crippen LogP contribution >= 0.6 is 0 Å². The van der Waals surface area contributed by atoms with E-state index >= 15 is 0 Å². The van der Waals surface area contributed by atoms with Gasteiger partial charge in [-0.2, -0.15) is 5.10 Å². The molecule has 0 atom stereocenters. The molecule has 1 aromatic heterocycles. The van der Waals surface area contributed by atoms with Gasteiger partial charge >= 0.3 is 0 Å². The first-order valence-corrected chi connectivity index (χ1v) is 7.22. The summed E-state index contributed by atoms with van der Waals surface area (Å²) in [6, 6.07) is 5.48. The van der Waals surface area contributed by atoms with E-state index in [9.17, 15) is 4.79 Å². The summed E-state index contributed by atoms with van der Waals surface area (Å²) in [5, 5.41) is 7.89. The summed E-state index contributed by atoms with van der Waals surface area (Å²) in [4.78, 5) is 14.5. The summed E-state index contributed by atoms with van der Waals surface area (Å²) >= 11 is 0. The number of likely N-dealkylation sites (tertiary alicyclic amines) is 1.